The van der Waals surface area contributed by atoms with Gasteiger partial charge in [0, 0.05) is 24.0 Å². The van der Waals surface area contributed by atoms with Crippen molar-refractivity contribution < 1.29 is 14.3 Å². The molecule has 0 saturated heterocycles. The Labute approximate surface area is 170 Å². The van der Waals surface area contributed by atoms with Crippen LogP contribution in [-0.4, -0.2) is 29.9 Å². The number of carbonyl (C=O) groups is 2. The first-order valence-electron chi connectivity index (χ1n) is 9.74. The smallest absolute Gasteiger partial charge is 0.255 e. The zero-order valence-corrected chi connectivity index (χ0v) is 16.7. The number of benzene rings is 2. The van der Waals surface area contributed by atoms with Gasteiger partial charge in [0.2, 0.25) is 5.91 Å². The third-order valence-corrected chi connectivity index (χ3v) is 4.43. The van der Waals surface area contributed by atoms with E-state index in [1.807, 2.05) is 50.2 Å². The number of hydrogen-bond donors (Lipinski definition) is 2. The molecule has 1 aromatic heterocycles. The summed E-state index contributed by atoms with van der Waals surface area (Å²) in [5.74, 6) is 0.247. The highest BCUT2D eigenvalue weighted by atomic mass is 16.5. The normalized spacial score (nSPS) is 10.6. The number of anilines is 1. The third kappa shape index (κ3) is 5.31. The van der Waals surface area contributed by atoms with Crippen molar-refractivity contribution in [3.8, 4) is 5.75 Å². The minimum Gasteiger partial charge on any atom is -0.493 e. The number of rotatable bonds is 8. The van der Waals surface area contributed by atoms with Crippen LogP contribution in [0.5, 0.6) is 5.75 Å². The highest BCUT2D eigenvalue weighted by Gasteiger charge is 2.12. The molecule has 2 aromatic carbocycles. The lowest BCUT2D eigenvalue weighted by Gasteiger charge is -2.11. The van der Waals surface area contributed by atoms with Gasteiger partial charge >= 0.3 is 0 Å². The number of aromatic nitrogens is 1. The Morgan fingerprint density at radius 1 is 1.03 bits per heavy atom. The highest BCUT2D eigenvalue weighted by molar-refractivity contribution is 6.00. The molecule has 0 saturated carbocycles. The summed E-state index contributed by atoms with van der Waals surface area (Å²) in [7, 11) is 0. The summed E-state index contributed by atoms with van der Waals surface area (Å²) in [6.07, 6.45) is 0.835. The summed E-state index contributed by atoms with van der Waals surface area (Å²) in [6.45, 7) is 4.69. The number of ether oxygens (including phenoxy) is 1. The lowest BCUT2D eigenvalue weighted by Crippen LogP contribution is -2.26. The maximum Gasteiger partial charge on any atom is 0.255 e. The number of para-hydroxylation sites is 2. The molecule has 0 fully saturated rings. The molecule has 3 aromatic rings. The number of fused-ring (bicyclic) bond motifs is 1. The summed E-state index contributed by atoms with van der Waals surface area (Å²) in [6, 6.07) is 16.8. The summed E-state index contributed by atoms with van der Waals surface area (Å²) in [4.78, 5) is 29.2. The minimum absolute atomic E-state index is 0.107. The Hall–Kier alpha value is -3.41. The summed E-state index contributed by atoms with van der Waals surface area (Å²) >= 11 is 0. The van der Waals surface area contributed by atoms with Gasteiger partial charge in [-0.15, -0.1) is 0 Å². The average Bonchev–Trinajstić information content (AvgIpc) is 2.72. The summed E-state index contributed by atoms with van der Waals surface area (Å²) in [5.41, 5.74) is 2.87. The standard InChI is InChI=1S/C23H25N3O3/c1-3-29-20-11-5-4-9-18(20)23(28)24-15-7-12-21(27)26-19-10-6-8-17-14-13-16(2)25-22(17)19/h4-6,8-11,13-14H,3,7,12,15H2,1-2H3,(H,24,28)(H,26,27). The van der Waals surface area contributed by atoms with E-state index in [9.17, 15) is 9.59 Å². The molecule has 29 heavy (non-hydrogen) atoms. The zero-order chi connectivity index (χ0) is 20.6. The molecular formula is C23H25N3O3. The highest BCUT2D eigenvalue weighted by Crippen LogP contribution is 2.22. The number of hydrogen-bond acceptors (Lipinski definition) is 4. The van der Waals surface area contributed by atoms with Gasteiger partial charge < -0.3 is 15.4 Å². The van der Waals surface area contributed by atoms with Gasteiger partial charge in [-0.25, -0.2) is 0 Å². The Kier molecular flexibility index (Phi) is 6.79. The Bertz CT molecular complexity index is 1020. The van der Waals surface area contributed by atoms with Crippen LogP contribution in [0.1, 0.15) is 35.8 Å². The van der Waals surface area contributed by atoms with Crippen LogP contribution in [0.15, 0.2) is 54.6 Å². The molecule has 0 bridgehead atoms. The number of nitrogens with one attached hydrogen (secondary N) is 2. The van der Waals surface area contributed by atoms with Crippen molar-refractivity contribution in [3.05, 3.63) is 65.9 Å². The molecule has 6 nitrogen and oxygen atoms in total. The fourth-order valence-corrected chi connectivity index (χ4v) is 3.04. The van der Waals surface area contributed by atoms with E-state index in [-0.39, 0.29) is 11.8 Å². The van der Waals surface area contributed by atoms with Gasteiger partial charge in [-0.3, -0.25) is 14.6 Å². The minimum atomic E-state index is -0.205. The molecule has 0 aliphatic carbocycles. The van der Waals surface area contributed by atoms with Crippen LogP contribution in [-0.2, 0) is 4.79 Å². The second-order valence-corrected chi connectivity index (χ2v) is 6.67. The molecule has 3 rings (SSSR count). The van der Waals surface area contributed by atoms with Gasteiger partial charge in [-0.2, -0.15) is 0 Å². The van der Waals surface area contributed by atoms with Crippen molar-refractivity contribution in [2.45, 2.75) is 26.7 Å². The van der Waals surface area contributed by atoms with Crippen LogP contribution in [0.25, 0.3) is 10.9 Å². The van der Waals surface area contributed by atoms with Crippen molar-refractivity contribution in [2.24, 2.45) is 0 Å². The SMILES string of the molecule is CCOc1ccccc1C(=O)NCCCC(=O)Nc1cccc2ccc(C)nc12. The zero-order valence-electron chi connectivity index (χ0n) is 16.7. The number of nitrogens with zero attached hydrogens (tertiary/aromatic N) is 1. The predicted molar refractivity (Wildman–Crippen MR) is 114 cm³/mol. The van der Waals surface area contributed by atoms with E-state index in [1.54, 1.807) is 18.2 Å². The molecule has 0 aliphatic heterocycles. The van der Waals surface area contributed by atoms with E-state index >= 15 is 0 Å². The summed E-state index contributed by atoms with van der Waals surface area (Å²) < 4.78 is 5.48. The second kappa shape index (κ2) is 9.68. The Morgan fingerprint density at radius 3 is 2.69 bits per heavy atom. The molecule has 2 N–H and O–H groups in total. The lowest BCUT2D eigenvalue weighted by molar-refractivity contribution is -0.116. The molecular weight excluding hydrogens is 366 g/mol. The maximum absolute atomic E-state index is 12.4. The topological polar surface area (TPSA) is 80.3 Å². The van der Waals surface area contributed by atoms with Crippen molar-refractivity contribution in [1.82, 2.24) is 10.3 Å². The van der Waals surface area contributed by atoms with E-state index in [1.165, 1.54) is 0 Å². The van der Waals surface area contributed by atoms with Gasteiger partial charge in [0.1, 0.15) is 5.75 Å². The summed E-state index contributed by atoms with van der Waals surface area (Å²) in [5, 5.41) is 6.75. The molecule has 6 heteroatoms. The predicted octanol–water partition coefficient (Wildman–Crippen LogP) is 4.09. The first-order chi connectivity index (χ1) is 14.1. The van der Waals surface area contributed by atoms with Crippen LogP contribution in [0.4, 0.5) is 5.69 Å². The second-order valence-electron chi connectivity index (χ2n) is 6.67. The van der Waals surface area contributed by atoms with Crippen LogP contribution in [0, 0.1) is 6.92 Å². The monoisotopic (exact) mass is 391 g/mol. The van der Waals surface area contributed by atoms with E-state index < -0.39 is 0 Å². The van der Waals surface area contributed by atoms with Gasteiger partial charge in [0.15, 0.2) is 0 Å². The van der Waals surface area contributed by atoms with Crippen molar-refractivity contribution >= 4 is 28.4 Å². The molecule has 0 spiro atoms. The number of pyridine rings is 1. The van der Waals surface area contributed by atoms with Gasteiger partial charge in [0.25, 0.3) is 5.91 Å². The van der Waals surface area contributed by atoms with E-state index in [4.69, 9.17) is 4.74 Å². The molecule has 1 heterocycles. The van der Waals surface area contributed by atoms with Crippen molar-refractivity contribution in [1.29, 1.82) is 0 Å². The fourth-order valence-electron chi connectivity index (χ4n) is 3.04. The first kappa shape index (κ1) is 20.3. The van der Waals surface area contributed by atoms with E-state index in [0.29, 0.717) is 43.0 Å². The molecule has 0 unspecified atom stereocenters. The first-order valence-corrected chi connectivity index (χ1v) is 9.74. The molecule has 0 atom stereocenters. The van der Waals surface area contributed by atoms with Crippen LogP contribution in [0.2, 0.25) is 0 Å². The number of aryl methyl sites for hydroxylation is 1. The van der Waals surface area contributed by atoms with Crippen LogP contribution in [0.3, 0.4) is 0 Å². The third-order valence-electron chi connectivity index (χ3n) is 4.43. The quantitative estimate of drug-likeness (QED) is 0.567. The average molecular weight is 391 g/mol. The Balaban J connectivity index is 1.51. The molecule has 2 amide bonds. The van der Waals surface area contributed by atoms with E-state index in [2.05, 4.69) is 15.6 Å². The van der Waals surface area contributed by atoms with Crippen molar-refractivity contribution in [2.75, 3.05) is 18.5 Å². The molecule has 0 aliphatic rings. The lowest BCUT2D eigenvalue weighted by atomic mass is 10.1. The number of amides is 2. The fraction of sp³-hybridized carbons (Fsp3) is 0.261. The van der Waals surface area contributed by atoms with Gasteiger partial charge in [-0.05, 0) is 44.5 Å². The van der Waals surface area contributed by atoms with Crippen LogP contribution >= 0.6 is 0 Å². The number of carbonyl (C=O) groups excluding carboxylic acids is 2. The Morgan fingerprint density at radius 2 is 1.86 bits per heavy atom. The van der Waals surface area contributed by atoms with E-state index in [0.717, 1.165) is 16.6 Å². The molecule has 150 valence electrons. The largest absolute Gasteiger partial charge is 0.493 e. The van der Waals surface area contributed by atoms with Gasteiger partial charge in [0.05, 0.1) is 23.4 Å². The van der Waals surface area contributed by atoms with Crippen molar-refractivity contribution in [3.63, 3.8) is 0 Å². The molecule has 0 radical (unpaired) electrons. The van der Waals surface area contributed by atoms with Crippen LogP contribution < -0.4 is 15.4 Å². The van der Waals surface area contributed by atoms with Gasteiger partial charge in [-0.1, -0.05) is 30.3 Å². The maximum atomic E-state index is 12.4.